The summed E-state index contributed by atoms with van der Waals surface area (Å²) < 4.78 is 12.2. The van der Waals surface area contributed by atoms with Crippen molar-refractivity contribution in [2.24, 2.45) is 5.92 Å². The molecule has 1 aliphatic rings. The van der Waals surface area contributed by atoms with Gasteiger partial charge in [-0.3, -0.25) is 4.79 Å². The van der Waals surface area contributed by atoms with Gasteiger partial charge in [-0.25, -0.2) is 0 Å². The van der Waals surface area contributed by atoms with E-state index < -0.39 is 0 Å². The zero-order valence-corrected chi connectivity index (χ0v) is 18.6. The van der Waals surface area contributed by atoms with Crippen molar-refractivity contribution < 1.29 is 14.3 Å². The van der Waals surface area contributed by atoms with E-state index in [1.54, 1.807) is 0 Å². The molecule has 0 bridgehead atoms. The van der Waals surface area contributed by atoms with E-state index in [0.29, 0.717) is 43.1 Å². The molecule has 1 saturated heterocycles. The SMILES string of the molecule is CCOc1cc(Br)c(CC(=O)NCC2CCCN(C(C)C)C2)cc1OCC. The number of piperidine rings is 1. The van der Waals surface area contributed by atoms with E-state index in [4.69, 9.17) is 9.47 Å². The molecule has 6 heteroatoms. The highest BCUT2D eigenvalue weighted by atomic mass is 79.9. The maximum Gasteiger partial charge on any atom is 0.224 e. The fourth-order valence-corrected chi connectivity index (χ4v) is 3.94. The summed E-state index contributed by atoms with van der Waals surface area (Å²) in [6.45, 7) is 12.5. The van der Waals surface area contributed by atoms with Crippen LogP contribution in [0.15, 0.2) is 16.6 Å². The zero-order chi connectivity index (χ0) is 19.8. The topological polar surface area (TPSA) is 50.8 Å². The van der Waals surface area contributed by atoms with Crippen LogP contribution in [0.25, 0.3) is 0 Å². The second-order valence-electron chi connectivity index (χ2n) is 7.33. The highest BCUT2D eigenvalue weighted by molar-refractivity contribution is 9.10. The van der Waals surface area contributed by atoms with Crippen LogP contribution >= 0.6 is 15.9 Å². The lowest BCUT2D eigenvalue weighted by molar-refractivity contribution is -0.120. The van der Waals surface area contributed by atoms with Crippen LogP contribution in [0.1, 0.15) is 46.1 Å². The Morgan fingerprint density at radius 3 is 2.56 bits per heavy atom. The van der Waals surface area contributed by atoms with E-state index in [9.17, 15) is 4.79 Å². The first kappa shape index (κ1) is 22.0. The predicted octanol–water partition coefficient (Wildman–Crippen LogP) is 4.03. The molecule has 0 saturated carbocycles. The fraction of sp³-hybridized carbons (Fsp3) is 0.667. The van der Waals surface area contributed by atoms with Crippen LogP contribution in [-0.2, 0) is 11.2 Å². The minimum Gasteiger partial charge on any atom is -0.490 e. The summed E-state index contributed by atoms with van der Waals surface area (Å²) in [5.74, 6) is 1.97. The van der Waals surface area contributed by atoms with Gasteiger partial charge in [-0.2, -0.15) is 0 Å². The van der Waals surface area contributed by atoms with Crippen LogP contribution in [0.2, 0.25) is 0 Å². The Balaban J connectivity index is 1.93. The third-order valence-corrected chi connectivity index (χ3v) is 5.67. The quantitative estimate of drug-likeness (QED) is 0.629. The van der Waals surface area contributed by atoms with Gasteiger partial charge in [0.25, 0.3) is 0 Å². The van der Waals surface area contributed by atoms with Gasteiger partial charge in [0, 0.05) is 23.6 Å². The molecule has 0 spiro atoms. The number of likely N-dealkylation sites (tertiary alicyclic amines) is 1. The Bertz CT molecular complexity index is 622. The number of nitrogens with zero attached hydrogens (tertiary/aromatic N) is 1. The number of carbonyl (C=O) groups is 1. The van der Waals surface area contributed by atoms with E-state index in [1.165, 1.54) is 19.4 Å². The molecule has 1 fully saturated rings. The first-order valence-electron chi connectivity index (χ1n) is 10.0. The van der Waals surface area contributed by atoms with E-state index >= 15 is 0 Å². The minimum atomic E-state index is 0.0454. The van der Waals surface area contributed by atoms with Gasteiger partial charge in [-0.1, -0.05) is 15.9 Å². The molecule has 0 aromatic heterocycles. The average Bonchev–Trinajstić information content (AvgIpc) is 2.64. The standard InChI is InChI=1S/C21H33BrN2O3/c1-5-26-19-10-17(18(22)12-20(19)27-6-2)11-21(25)23-13-16-8-7-9-24(14-16)15(3)4/h10,12,15-16H,5-9,11,13-14H2,1-4H3,(H,23,25). The number of benzene rings is 1. The first-order valence-corrected chi connectivity index (χ1v) is 10.8. The Morgan fingerprint density at radius 1 is 1.26 bits per heavy atom. The normalized spacial score (nSPS) is 17.8. The van der Waals surface area contributed by atoms with Crippen molar-refractivity contribution in [1.82, 2.24) is 10.2 Å². The van der Waals surface area contributed by atoms with E-state index in [-0.39, 0.29) is 5.91 Å². The predicted molar refractivity (Wildman–Crippen MR) is 113 cm³/mol. The summed E-state index contributed by atoms with van der Waals surface area (Å²) >= 11 is 3.56. The molecule has 1 unspecified atom stereocenters. The third-order valence-electron chi connectivity index (χ3n) is 4.93. The lowest BCUT2D eigenvalue weighted by Crippen LogP contribution is -2.44. The summed E-state index contributed by atoms with van der Waals surface area (Å²) in [5.41, 5.74) is 0.909. The molecule has 2 rings (SSSR count). The lowest BCUT2D eigenvalue weighted by Gasteiger charge is -2.35. The molecule has 0 radical (unpaired) electrons. The van der Waals surface area contributed by atoms with E-state index in [1.807, 2.05) is 26.0 Å². The summed E-state index contributed by atoms with van der Waals surface area (Å²) in [6.07, 6.45) is 2.72. The lowest BCUT2D eigenvalue weighted by atomic mass is 9.97. The molecule has 1 N–H and O–H groups in total. The number of ether oxygens (including phenoxy) is 2. The highest BCUT2D eigenvalue weighted by Crippen LogP contribution is 2.34. The largest absolute Gasteiger partial charge is 0.490 e. The summed E-state index contributed by atoms with van der Waals surface area (Å²) in [7, 11) is 0. The monoisotopic (exact) mass is 440 g/mol. The molecular formula is C21H33BrN2O3. The smallest absolute Gasteiger partial charge is 0.224 e. The summed E-state index contributed by atoms with van der Waals surface area (Å²) in [5, 5.41) is 3.12. The van der Waals surface area contributed by atoms with Crippen molar-refractivity contribution in [2.75, 3.05) is 32.8 Å². The Kier molecular flexibility index (Phi) is 8.90. The fourth-order valence-electron chi connectivity index (χ4n) is 3.48. The summed E-state index contributed by atoms with van der Waals surface area (Å²) in [6, 6.07) is 4.36. The molecule has 5 nitrogen and oxygen atoms in total. The van der Waals surface area contributed by atoms with Crippen LogP contribution < -0.4 is 14.8 Å². The second kappa shape index (κ2) is 10.9. The Morgan fingerprint density at radius 2 is 1.93 bits per heavy atom. The molecule has 1 amide bonds. The molecule has 1 heterocycles. The average molecular weight is 441 g/mol. The van der Waals surface area contributed by atoms with E-state index in [2.05, 4.69) is 40.0 Å². The maximum absolute atomic E-state index is 12.5. The van der Waals surface area contributed by atoms with Crippen LogP contribution in [0.4, 0.5) is 0 Å². The molecule has 1 aromatic rings. The zero-order valence-electron chi connectivity index (χ0n) is 17.0. The Hall–Kier alpha value is -1.27. The van der Waals surface area contributed by atoms with Gasteiger partial charge in [-0.05, 0) is 70.7 Å². The number of halogens is 1. The molecular weight excluding hydrogens is 408 g/mol. The van der Waals surface area contributed by atoms with Crippen molar-refractivity contribution in [3.05, 3.63) is 22.2 Å². The number of rotatable bonds is 9. The number of amides is 1. The van der Waals surface area contributed by atoms with E-state index in [0.717, 1.165) is 23.1 Å². The molecule has 27 heavy (non-hydrogen) atoms. The number of carbonyl (C=O) groups excluding carboxylic acids is 1. The van der Waals surface area contributed by atoms with Crippen LogP contribution in [0.5, 0.6) is 11.5 Å². The minimum absolute atomic E-state index is 0.0454. The van der Waals surface area contributed by atoms with Crippen molar-refractivity contribution in [3.63, 3.8) is 0 Å². The van der Waals surface area contributed by atoms with Gasteiger partial charge < -0.3 is 19.7 Å². The van der Waals surface area contributed by atoms with Gasteiger partial charge in [0.1, 0.15) is 0 Å². The molecule has 1 atom stereocenters. The van der Waals surface area contributed by atoms with Gasteiger partial charge in [0.15, 0.2) is 11.5 Å². The van der Waals surface area contributed by atoms with Crippen LogP contribution in [0.3, 0.4) is 0 Å². The first-order chi connectivity index (χ1) is 12.9. The van der Waals surface area contributed by atoms with Gasteiger partial charge >= 0.3 is 0 Å². The van der Waals surface area contributed by atoms with Crippen molar-refractivity contribution >= 4 is 21.8 Å². The Labute approximate surface area is 171 Å². The number of nitrogens with one attached hydrogen (secondary N) is 1. The molecule has 1 aromatic carbocycles. The van der Waals surface area contributed by atoms with Crippen molar-refractivity contribution in [3.8, 4) is 11.5 Å². The van der Waals surface area contributed by atoms with Crippen molar-refractivity contribution in [1.29, 1.82) is 0 Å². The maximum atomic E-state index is 12.5. The second-order valence-corrected chi connectivity index (χ2v) is 8.19. The van der Waals surface area contributed by atoms with Gasteiger partial charge in [-0.15, -0.1) is 0 Å². The van der Waals surface area contributed by atoms with Gasteiger partial charge in [0.2, 0.25) is 5.91 Å². The van der Waals surface area contributed by atoms with Crippen LogP contribution in [0, 0.1) is 5.92 Å². The highest BCUT2D eigenvalue weighted by Gasteiger charge is 2.22. The van der Waals surface area contributed by atoms with Crippen LogP contribution in [-0.4, -0.2) is 49.7 Å². The number of hydrogen-bond donors (Lipinski definition) is 1. The molecule has 152 valence electrons. The number of hydrogen-bond acceptors (Lipinski definition) is 4. The molecule has 0 aliphatic carbocycles. The molecule has 1 aliphatic heterocycles. The third kappa shape index (κ3) is 6.68. The van der Waals surface area contributed by atoms with Gasteiger partial charge in [0.05, 0.1) is 19.6 Å². The summed E-state index contributed by atoms with van der Waals surface area (Å²) in [4.78, 5) is 15.0. The van der Waals surface area contributed by atoms with Crippen molar-refractivity contribution in [2.45, 2.75) is 53.0 Å².